The highest BCUT2D eigenvalue weighted by atomic mass is 16.4. The molecule has 0 aromatic rings. The van der Waals surface area contributed by atoms with E-state index in [1.54, 1.807) is 0 Å². The maximum absolute atomic E-state index is 11.8. The summed E-state index contributed by atoms with van der Waals surface area (Å²) >= 11 is 0. The van der Waals surface area contributed by atoms with Crippen LogP contribution in [0.3, 0.4) is 0 Å². The highest BCUT2D eigenvalue weighted by molar-refractivity contribution is 5.78. The van der Waals surface area contributed by atoms with Gasteiger partial charge in [-0.2, -0.15) is 0 Å². The summed E-state index contributed by atoms with van der Waals surface area (Å²) < 4.78 is 0. The van der Waals surface area contributed by atoms with Crippen molar-refractivity contribution in [1.82, 2.24) is 15.5 Å². The summed E-state index contributed by atoms with van der Waals surface area (Å²) in [6.07, 6.45) is 5.54. The second-order valence-electron chi connectivity index (χ2n) is 6.16. The minimum absolute atomic E-state index is 0.0119. The van der Waals surface area contributed by atoms with Crippen LogP contribution in [-0.2, 0) is 9.59 Å². The minimum atomic E-state index is -0.813. The zero-order valence-electron chi connectivity index (χ0n) is 12.6. The van der Waals surface area contributed by atoms with Gasteiger partial charge >= 0.3 is 5.97 Å². The third-order valence-corrected chi connectivity index (χ3v) is 4.56. The molecular formula is C15H27N3O3. The molecule has 6 nitrogen and oxygen atoms in total. The molecule has 1 amide bonds. The molecule has 0 aromatic carbocycles. The summed E-state index contributed by atoms with van der Waals surface area (Å²) in [7, 11) is 0. The van der Waals surface area contributed by atoms with Gasteiger partial charge in [-0.3, -0.25) is 14.5 Å². The van der Waals surface area contributed by atoms with Crippen LogP contribution in [0.1, 0.15) is 38.5 Å². The van der Waals surface area contributed by atoms with Gasteiger partial charge in [-0.25, -0.2) is 0 Å². The fourth-order valence-corrected chi connectivity index (χ4v) is 3.35. The molecule has 2 heterocycles. The van der Waals surface area contributed by atoms with E-state index in [4.69, 9.17) is 5.11 Å². The van der Waals surface area contributed by atoms with E-state index < -0.39 is 5.97 Å². The van der Waals surface area contributed by atoms with Gasteiger partial charge < -0.3 is 15.7 Å². The van der Waals surface area contributed by atoms with Crippen LogP contribution in [0.2, 0.25) is 0 Å². The normalized spacial score (nSPS) is 24.1. The average Bonchev–Trinajstić information content (AvgIpc) is 2.98. The highest BCUT2D eigenvalue weighted by Crippen LogP contribution is 2.25. The summed E-state index contributed by atoms with van der Waals surface area (Å²) in [5, 5.41) is 14.9. The lowest BCUT2D eigenvalue weighted by atomic mass is 9.88. The summed E-state index contributed by atoms with van der Waals surface area (Å²) in [6, 6.07) is 0.692. The lowest BCUT2D eigenvalue weighted by Gasteiger charge is -2.34. The highest BCUT2D eigenvalue weighted by Gasteiger charge is 2.28. The number of rotatable bonds is 7. The monoisotopic (exact) mass is 297 g/mol. The first-order valence-corrected chi connectivity index (χ1v) is 8.09. The molecule has 21 heavy (non-hydrogen) atoms. The van der Waals surface area contributed by atoms with Gasteiger partial charge in [-0.15, -0.1) is 0 Å². The first kappa shape index (κ1) is 16.2. The van der Waals surface area contributed by atoms with Gasteiger partial charge in [-0.05, 0) is 57.7 Å². The molecule has 0 bridgehead atoms. The molecule has 2 fully saturated rings. The third kappa shape index (κ3) is 5.63. The molecule has 2 rings (SSSR count). The van der Waals surface area contributed by atoms with Crippen LogP contribution in [0.15, 0.2) is 0 Å². The third-order valence-electron chi connectivity index (χ3n) is 4.56. The van der Waals surface area contributed by atoms with E-state index in [9.17, 15) is 9.59 Å². The molecule has 3 N–H and O–H groups in total. The quantitative estimate of drug-likeness (QED) is 0.594. The van der Waals surface area contributed by atoms with Crippen LogP contribution in [-0.4, -0.2) is 60.6 Å². The van der Waals surface area contributed by atoms with Crippen LogP contribution in [0.25, 0.3) is 0 Å². The van der Waals surface area contributed by atoms with E-state index in [1.165, 1.54) is 25.7 Å². The number of aliphatic carboxylic acids is 1. The van der Waals surface area contributed by atoms with Gasteiger partial charge in [0, 0.05) is 19.0 Å². The number of nitrogens with zero attached hydrogens (tertiary/aromatic N) is 1. The second kappa shape index (κ2) is 8.34. The van der Waals surface area contributed by atoms with Crippen molar-refractivity contribution in [3.63, 3.8) is 0 Å². The Morgan fingerprint density at radius 3 is 2.62 bits per heavy atom. The summed E-state index contributed by atoms with van der Waals surface area (Å²) in [6.45, 7) is 4.03. The molecule has 120 valence electrons. The molecule has 1 atom stereocenters. The lowest BCUT2D eigenvalue weighted by molar-refractivity contribution is -0.137. The van der Waals surface area contributed by atoms with E-state index in [0.717, 1.165) is 25.6 Å². The zero-order chi connectivity index (χ0) is 15.1. The maximum Gasteiger partial charge on any atom is 0.303 e. The Labute approximate surface area is 126 Å². The summed E-state index contributed by atoms with van der Waals surface area (Å²) in [5.74, 6) is -0.0351. The molecule has 0 aromatic heterocycles. The molecular weight excluding hydrogens is 270 g/mol. The molecule has 2 aliphatic rings. The lowest BCUT2D eigenvalue weighted by Crippen LogP contribution is -2.44. The molecule has 1 unspecified atom stereocenters. The number of carboxylic acids is 1. The van der Waals surface area contributed by atoms with Gasteiger partial charge in [0.1, 0.15) is 0 Å². The number of hydrogen-bond acceptors (Lipinski definition) is 4. The molecule has 0 radical (unpaired) electrons. The SMILES string of the molecule is O=C(O)CCCNC(=O)CN1CCC(C2CCCN2)CC1. The molecule has 2 saturated heterocycles. The van der Waals surface area contributed by atoms with Crippen molar-refractivity contribution in [1.29, 1.82) is 0 Å². The summed E-state index contributed by atoms with van der Waals surface area (Å²) in [5.41, 5.74) is 0. The Kier molecular flexibility index (Phi) is 6.45. The largest absolute Gasteiger partial charge is 0.481 e. The number of carbonyl (C=O) groups is 2. The van der Waals surface area contributed by atoms with Crippen molar-refractivity contribution >= 4 is 11.9 Å². The minimum Gasteiger partial charge on any atom is -0.481 e. The molecule has 2 aliphatic heterocycles. The van der Waals surface area contributed by atoms with Crippen molar-refractivity contribution in [2.24, 2.45) is 5.92 Å². The molecule has 0 spiro atoms. The zero-order valence-corrected chi connectivity index (χ0v) is 12.6. The Balaban J connectivity index is 1.57. The van der Waals surface area contributed by atoms with Crippen molar-refractivity contribution < 1.29 is 14.7 Å². The average molecular weight is 297 g/mol. The van der Waals surface area contributed by atoms with Gasteiger partial charge in [0.25, 0.3) is 0 Å². The van der Waals surface area contributed by atoms with Crippen LogP contribution < -0.4 is 10.6 Å². The first-order chi connectivity index (χ1) is 10.1. The number of carbonyl (C=O) groups excluding carboxylic acids is 1. The fraction of sp³-hybridized carbons (Fsp3) is 0.867. The topological polar surface area (TPSA) is 81.7 Å². The van der Waals surface area contributed by atoms with Gasteiger partial charge in [0.2, 0.25) is 5.91 Å². The van der Waals surface area contributed by atoms with Crippen LogP contribution in [0.5, 0.6) is 0 Å². The van der Waals surface area contributed by atoms with E-state index in [2.05, 4.69) is 15.5 Å². The van der Waals surface area contributed by atoms with Gasteiger partial charge in [0.15, 0.2) is 0 Å². The first-order valence-electron chi connectivity index (χ1n) is 8.09. The van der Waals surface area contributed by atoms with Gasteiger partial charge in [0.05, 0.1) is 6.54 Å². The number of nitrogens with one attached hydrogen (secondary N) is 2. The summed E-state index contributed by atoms with van der Waals surface area (Å²) in [4.78, 5) is 24.4. The second-order valence-corrected chi connectivity index (χ2v) is 6.16. The Bertz CT molecular complexity index is 348. The van der Waals surface area contributed by atoms with Crippen LogP contribution >= 0.6 is 0 Å². The Morgan fingerprint density at radius 2 is 2.00 bits per heavy atom. The van der Waals surface area contributed by atoms with Crippen molar-refractivity contribution in [3.8, 4) is 0 Å². The number of amides is 1. The maximum atomic E-state index is 11.8. The molecule has 0 aliphatic carbocycles. The Morgan fingerprint density at radius 1 is 1.24 bits per heavy atom. The fourth-order valence-electron chi connectivity index (χ4n) is 3.35. The van der Waals surface area contributed by atoms with Gasteiger partial charge in [-0.1, -0.05) is 0 Å². The van der Waals surface area contributed by atoms with Crippen LogP contribution in [0, 0.1) is 5.92 Å². The predicted molar refractivity (Wildman–Crippen MR) is 80.1 cm³/mol. The number of hydrogen-bond donors (Lipinski definition) is 3. The molecule has 0 saturated carbocycles. The smallest absolute Gasteiger partial charge is 0.303 e. The molecule has 6 heteroatoms. The van der Waals surface area contributed by atoms with E-state index >= 15 is 0 Å². The van der Waals surface area contributed by atoms with Crippen LogP contribution in [0.4, 0.5) is 0 Å². The van der Waals surface area contributed by atoms with Crippen molar-refractivity contribution in [3.05, 3.63) is 0 Å². The van der Waals surface area contributed by atoms with Crippen molar-refractivity contribution in [2.75, 3.05) is 32.7 Å². The number of piperidine rings is 1. The van der Waals surface area contributed by atoms with Crippen molar-refractivity contribution in [2.45, 2.75) is 44.6 Å². The number of carboxylic acid groups (broad SMARTS) is 1. The van der Waals surface area contributed by atoms with E-state index in [0.29, 0.717) is 25.6 Å². The van der Waals surface area contributed by atoms with E-state index in [-0.39, 0.29) is 12.3 Å². The standard InChI is InChI=1S/C15H27N3O3/c19-14(17-8-2-4-15(20)21)11-18-9-5-12(6-10-18)13-3-1-7-16-13/h12-13,16H,1-11H2,(H,17,19)(H,20,21). The van der Waals surface area contributed by atoms with E-state index in [1.807, 2.05) is 0 Å². The number of likely N-dealkylation sites (tertiary alicyclic amines) is 1. The predicted octanol–water partition coefficient (Wildman–Crippen LogP) is 0.431. The Hall–Kier alpha value is -1.14.